The lowest BCUT2D eigenvalue weighted by Crippen LogP contribution is -2.19. The first-order chi connectivity index (χ1) is 12.1. The highest BCUT2D eigenvalue weighted by Gasteiger charge is 2.13. The van der Waals surface area contributed by atoms with Crippen molar-refractivity contribution in [3.05, 3.63) is 53.3 Å². The minimum Gasteiger partial charge on any atom is -0.381 e. The third kappa shape index (κ3) is 5.05. The highest BCUT2D eigenvalue weighted by Crippen LogP contribution is 2.22. The number of anilines is 2. The van der Waals surface area contributed by atoms with Crippen molar-refractivity contribution in [2.75, 3.05) is 10.6 Å². The smallest absolute Gasteiger partial charge is 0.257 e. The number of pyridine rings is 1. The zero-order valence-corrected chi connectivity index (χ0v) is 15.1. The highest BCUT2D eigenvalue weighted by atomic mass is 16.1. The summed E-state index contributed by atoms with van der Waals surface area (Å²) in [6.07, 6.45) is 11.0. The molecule has 1 heterocycles. The van der Waals surface area contributed by atoms with Crippen molar-refractivity contribution in [1.29, 1.82) is 0 Å². The van der Waals surface area contributed by atoms with Crippen LogP contribution in [0, 0.1) is 13.8 Å². The fourth-order valence-corrected chi connectivity index (χ4v) is 3.55. The van der Waals surface area contributed by atoms with Crippen LogP contribution in [-0.2, 0) is 0 Å². The molecule has 0 unspecified atom stereocenters. The van der Waals surface area contributed by atoms with E-state index < -0.39 is 0 Å². The number of carbonyl (C=O) groups excluding carboxylic acids is 1. The number of carbonyl (C=O) groups is 1. The van der Waals surface area contributed by atoms with Gasteiger partial charge in [0, 0.05) is 24.1 Å². The van der Waals surface area contributed by atoms with Gasteiger partial charge in [0.2, 0.25) is 0 Å². The van der Waals surface area contributed by atoms with E-state index in [1.54, 1.807) is 12.4 Å². The molecule has 1 aliphatic rings. The van der Waals surface area contributed by atoms with Gasteiger partial charge in [-0.3, -0.25) is 9.78 Å². The van der Waals surface area contributed by atoms with E-state index in [4.69, 9.17) is 0 Å². The largest absolute Gasteiger partial charge is 0.381 e. The molecule has 1 aromatic carbocycles. The molecule has 0 spiro atoms. The minimum absolute atomic E-state index is 0.123. The molecule has 1 amide bonds. The predicted octanol–water partition coefficient (Wildman–Crippen LogP) is 5.09. The first kappa shape index (κ1) is 17.5. The fourth-order valence-electron chi connectivity index (χ4n) is 3.55. The molecule has 3 rings (SSSR count). The summed E-state index contributed by atoms with van der Waals surface area (Å²) >= 11 is 0. The highest BCUT2D eigenvalue weighted by molar-refractivity contribution is 6.04. The van der Waals surface area contributed by atoms with Gasteiger partial charge >= 0.3 is 0 Å². The maximum absolute atomic E-state index is 12.6. The number of aromatic nitrogens is 1. The van der Waals surface area contributed by atoms with Gasteiger partial charge in [-0.05, 0) is 56.0 Å². The fraction of sp³-hybridized carbons (Fsp3) is 0.429. The number of hydrogen-bond donors (Lipinski definition) is 2. The Morgan fingerprint density at radius 2 is 1.60 bits per heavy atom. The van der Waals surface area contributed by atoms with E-state index in [1.165, 1.54) is 38.5 Å². The molecule has 0 aliphatic heterocycles. The average Bonchev–Trinajstić information content (AvgIpc) is 2.83. The first-order valence-electron chi connectivity index (χ1n) is 9.21. The summed E-state index contributed by atoms with van der Waals surface area (Å²) in [5.74, 6) is -0.123. The van der Waals surface area contributed by atoms with E-state index in [1.807, 2.05) is 32.0 Å². The van der Waals surface area contributed by atoms with Gasteiger partial charge in [0.1, 0.15) is 0 Å². The molecule has 1 aliphatic carbocycles. The van der Waals surface area contributed by atoms with Crippen LogP contribution >= 0.6 is 0 Å². The van der Waals surface area contributed by atoms with Crippen LogP contribution in [0.4, 0.5) is 11.4 Å². The number of hydrogen-bond acceptors (Lipinski definition) is 3. The van der Waals surface area contributed by atoms with E-state index >= 15 is 0 Å². The Kier molecular flexibility index (Phi) is 5.69. The summed E-state index contributed by atoms with van der Waals surface area (Å²) in [6, 6.07) is 8.43. The van der Waals surface area contributed by atoms with E-state index in [-0.39, 0.29) is 5.91 Å². The van der Waals surface area contributed by atoms with Crippen LogP contribution in [-0.4, -0.2) is 16.9 Å². The second-order valence-electron chi connectivity index (χ2n) is 7.13. The molecule has 0 bridgehead atoms. The van der Waals surface area contributed by atoms with Gasteiger partial charge in [-0.25, -0.2) is 0 Å². The normalized spacial score (nSPS) is 15.4. The van der Waals surface area contributed by atoms with Gasteiger partial charge in [-0.15, -0.1) is 0 Å². The Bertz CT molecular complexity index is 713. The first-order valence-corrected chi connectivity index (χ1v) is 9.21. The van der Waals surface area contributed by atoms with Crippen molar-refractivity contribution in [3.63, 3.8) is 0 Å². The van der Waals surface area contributed by atoms with Crippen LogP contribution in [0.5, 0.6) is 0 Å². The topological polar surface area (TPSA) is 54.0 Å². The lowest BCUT2D eigenvalue weighted by atomic mass is 10.1. The van der Waals surface area contributed by atoms with Gasteiger partial charge in [0.15, 0.2) is 0 Å². The zero-order valence-electron chi connectivity index (χ0n) is 15.1. The quantitative estimate of drug-likeness (QED) is 0.765. The Morgan fingerprint density at radius 3 is 2.28 bits per heavy atom. The summed E-state index contributed by atoms with van der Waals surface area (Å²) in [5.41, 5.74) is 4.61. The number of nitrogens with zero attached hydrogens (tertiary/aromatic N) is 1. The van der Waals surface area contributed by atoms with Gasteiger partial charge in [0.25, 0.3) is 5.91 Å². The Balaban J connectivity index is 1.68. The molecule has 0 radical (unpaired) electrons. The van der Waals surface area contributed by atoms with E-state index in [9.17, 15) is 4.79 Å². The molecule has 1 fully saturated rings. The average molecular weight is 337 g/mol. The second kappa shape index (κ2) is 8.15. The van der Waals surface area contributed by atoms with Crippen LogP contribution < -0.4 is 10.6 Å². The molecule has 0 atom stereocenters. The minimum atomic E-state index is -0.123. The van der Waals surface area contributed by atoms with Crippen molar-refractivity contribution in [2.45, 2.75) is 58.4 Å². The van der Waals surface area contributed by atoms with E-state index in [0.29, 0.717) is 11.6 Å². The molecule has 2 aromatic rings. The maximum atomic E-state index is 12.6. The Morgan fingerprint density at radius 1 is 0.920 bits per heavy atom. The standard InChI is InChI=1S/C21H27N3O/c1-15-9-16(2)11-19(10-15)24-21(25)17-12-20(14-22-13-17)23-18-7-5-3-4-6-8-18/h9-14,18,23H,3-8H2,1-2H3,(H,24,25). The molecule has 4 heteroatoms. The van der Waals surface area contributed by atoms with Crippen LogP contribution in [0.25, 0.3) is 0 Å². The van der Waals surface area contributed by atoms with Gasteiger partial charge < -0.3 is 10.6 Å². The van der Waals surface area contributed by atoms with Crippen LogP contribution in [0.2, 0.25) is 0 Å². The van der Waals surface area contributed by atoms with Crippen LogP contribution in [0.1, 0.15) is 60.0 Å². The molecule has 2 N–H and O–H groups in total. The number of aryl methyl sites for hydroxylation is 2. The molecule has 132 valence electrons. The lowest BCUT2D eigenvalue weighted by Gasteiger charge is -2.17. The number of nitrogens with one attached hydrogen (secondary N) is 2. The van der Waals surface area contributed by atoms with E-state index in [0.717, 1.165) is 22.5 Å². The predicted molar refractivity (Wildman–Crippen MR) is 103 cm³/mol. The van der Waals surface area contributed by atoms with Crippen molar-refractivity contribution in [3.8, 4) is 0 Å². The summed E-state index contributed by atoms with van der Waals surface area (Å²) in [7, 11) is 0. The number of rotatable bonds is 4. The van der Waals surface area contributed by atoms with E-state index in [2.05, 4.69) is 21.7 Å². The molecule has 0 saturated heterocycles. The summed E-state index contributed by atoms with van der Waals surface area (Å²) < 4.78 is 0. The molecule has 25 heavy (non-hydrogen) atoms. The third-order valence-corrected chi connectivity index (χ3v) is 4.71. The second-order valence-corrected chi connectivity index (χ2v) is 7.13. The van der Waals surface area contributed by atoms with Gasteiger partial charge in [-0.1, -0.05) is 31.7 Å². The monoisotopic (exact) mass is 337 g/mol. The van der Waals surface area contributed by atoms with Gasteiger partial charge in [-0.2, -0.15) is 0 Å². The Labute approximate surface area is 150 Å². The van der Waals surface area contributed by atoms with Crippen molar-refractivity contribution >= 4 is 17.3 Å². The summed E-state index contributed by atoms with van der Waals surface area (Å²) in [6.45, 7) is 4.06. The maximum Gasteiger partial charge on any atom is 0.257 e. The number of benzene rings is 1. The molecule has 1 saturated carbocycles. The SMILES string of the molecule is Cc1cc(C)cc(NC(=O)c2cncc(NC3CCCCCC3)c2)c1. The molecular weight excluding hydrogens is 310 g/mol. The third-order valence-electron chi connectivity index (χ3n) is 4.71. The lowest BCUT2D eigenvalue weighted by molar-refractivity contribution is 0.102. The van der Waals surface area contributed by atoms with Crippen molar-refractivity contribution < 1.29 is 4.79 Å². The van der Waals surface area contributed by atoms with Crippen LogP contribution in [0.3, 0.4) is 0 Å². The van der Waals surface area contributed by atoms with Crippen molar-refractivity contribution in [1.82, 2.24) is 4.98 Å². The summed E-state index contributed by atoms with van der Waals surface area (Å²) in [5, 5.41) is 6.53. The molecule has 4 nitrogen and oxygen atoms in total. The summed E-state index contributed by atoms with van der Waals surface area (Å²) in [4.78, 5) is 16.8. The van der Waals surface area contributed by atoms with Gasteiger partial charge in [0.05, 0.1) is 11.3 Å². The molecule has 1 aromatic heterocycles. The number of amides is 1. The molecular formula is C21H27N3O. The van der Waals surface area contributed by atoms with Crippen molar-refractivity contribution in [2.24, 2.45) is 0 Å². The Hall–Kier alpha value is -2.36. The van der Waals surface area contributed by atoms with Crippen LogP contribution in [0.15, 0.2) is 36.7 Å². The zero-order chi connectivity index (χ0) is 17.6.